The summed E-state index contributed by atoms with van der Waals surface area (Å²) in [7, 11) is 1.73. The zero-order chi connectivity index (χ0) is 30.4. The molecule has 236 valence electrons. The van der Waals surface area contributed by atoms with Crippen LogP contribution in [-0.4, -0.2) is 99.8 Å². The van der Waals surface area contributed by atoms with Crippen molar-refractivity contribution in [1.82, 2.24) is 24.8 Å². The number of likely N-dealkylation sites (tertiary alicyclic amines) is 2. The summed E-state index contributed by atoms with van der Waals surface area (Å²) < 4.78 is 55.0. The average molecular weight is 598 g/mol. The molecule has 3 heterocycles. The monoisotopic (exact) mass is 597 g/mol. The molecule has 2 aliphatic heterocycles. The molecule has 0 N–H and O–H groups in total. The molecule has 0 spiro atoms. The summed E-state index contributed by atoms with van der Waals surface area (Å²) in [6, 6.07) is -0.388. The zero-order valence-electron chi connectivity index (χ0n) is 25.6. The van der Waals surface area contributed by atoms with Crippen LogP contribution in [0.1, 0.15) is 103 Å². The van der Waals surface area contributed by atoms with Crippen LogP contribution in [0.25, 0.3) is 0 Å². The van der Waals surface area contributed by atoms with Crippen molar-refractivity contribution in [2.75, 3.05) is 33.2 Å². The predicted molar refractivity (Wildman–Crippen MR) is 149 cm³/mol. The van der Waals surface area contributed by atoms with Crippen LogP contribution in [0.15, 0.2) is 4.52 Å². The number of halogens is 3. The van der Waals surface area contributed by atoms with Gasteiger partial charge in [0.2, 0.25) is 11.8 Å². The highest BCUT2D eigenvalue weighted by Crippen LogP contribution is 2.45. The van der Waals surface area contributed by atoms with Crippen molar-refractivity contribution in [1.29, 1.82) is 0 Å². The van der Waals surface area contributed by atoms with Crippen molar-refractivity contribution in [3.8, 4) is 0 Å². The van der Waals surface area contributed by atoms with Gasteiger partial charge in [-0.2, -0.15) is 4.98 Å². The molecule has 9 nitrogen and oxygen atoms in total. The summed E-state index contributed by atoms with van der Waals surface area (Å²) in [5.41, 5.74) is -0.993. The molecular weight excluding hydrogens is 551 g/mol. The van der Waals surface area contributed by atoms with Gasteiger partial charge in [0.1, 0.15) is 11.8 Å². The molecule has 0 aromatic carbocycles. The van der Waals surface area contributed by atoms with E-state index in [2.05, 4.69) is 15.0 Å². The van der Waals surface area contributed by atoms with Gasteiger partial charge in [0.05, 0.1) is 5.92 Å². The van der Waals surface area contributed by atoms with E-state index in [4.69, 9.17) is 9.26 Å². The second-order valence-corrected chi connectivity index (χ2v) is 14.1. The van der Waals surface area contributed by atoms with Crippen LogP contribution in [0, 0.1) is 5.92 Å². The maximum atomic E-state index is 15.4. The minimum atomic E-state index is -2.91. The number of nitrogens with zero attached hydrogens (tertiary/aromatic N) is 5. The first kappa shape index (κ1) is 31.1. The lowest BCUT2D eigenvalue weighted by atomic mass is 9.76. The van der Waals surface area contributed by atoms with Crippen molar-refractivity contribution < 1.29 is 32.0 Å². The van der Waals surface area contributed by atoms with Gasteiger partial charge in [0.25, 0.3) is 5.92 Å². The van der Waals surface area contributed by atoms with Gasteiger partial charge in [0.15, 0.2) is 5.82 Å². The van der Waals surface area contributed by atoms with Gasteiger partial charge < -0.3 is 19.1 Å². The van der Waals surface area contributed by atoms with Crippen LogP contribution >= 0.6 is 0 Å². The zero-order valence-corrected chi connectivity index (χ0v) is 25.6. The molecule has 5 rings (SSSR count). The molecule has 2 amide bonds. The SMILES string of the molecule is CN(C(=O)OC(C)(C)C)C1CCN([C@H]2CCCC(F)(F)[C@@H]2CC(=O)N2CCC(C)(c3noc([C@@H]4C[C@@H]4F)n3)CC2)CC1. The van der Waals surface area contributed by atoms with Crippen LogP contribution in [0.5, 0.6) is 0 Å². The lowest BCUT2D eigenvalue weighted by molar-refractivity contribution is -0.151. The third-order valence-corrected chi connectivity index (χ3v) is 9.84. The summed E-state index contributed by atoms with van der Waals surface area (Å²) in [5, 5.41) is 4.10. The van der Waals surface area contributed by atoms with Crippen LogP contribution < -0.4 is 0 Å². The van der Waals surface area contributed by atoms with Crippen molar-refractivity contribution in [2.24, 2.45) is 5.92 Å². The Balaban J connectivity index is 1.16. The molecule has 4 aliphatic rings. The lowest BCUT2D eigenvalue weighted by Crippen LogP contribution is -2.56. The van der Waals surface area contributed by atoms with Crippen molar-refractivity contribution in [3.05, 3.63) is 11.7 Å². The van der Waals surface area contributed by atoms with Gasteiger partial charge in [-0.25, -0.2) is 18.0 Å². The third kappa shape index (κ3) is 6.73. The second kappa shape index (κ2) is 11.6. The largest absolute Gasteiger partial charge is 0.444 e. The lowest BCUT2D eigenvalue weighted by Gasteiger charge is -2.47. The number of rotatable bonds is 6. The number of carbonyl (C=O) groups excluding carboxylic acids is 2. The Morgan fingerprint density at radius 1 is 1.10 bits per heavy atom. The van der Waals surface area contributed by atoms with Gasteiger partial charge in [-0.05, 0) is 65.7 Å². The minimum absolute atomic E-state index is 0.0131. The van der Waals surface area contributed by atoms with E-state index < -0.39 is 29.0 Å². The Bertz CT molecular complexity index is 1120. The number of carbonyl (C=O) groups is 2. The average Bonchev–Trinajstić information content (AvgIpc) is 3.44. The van der Waals surface area contributed by atoms with E-state index in [1.807, 2.05) is 27.7 Å². The number of aromatic nitrogens is 2. The van der Waals surface area contributed by atoms with E-state index in [0.717, 1.165) is 0 Å². The molecular formula is C30H46F3N5O4. The van der Waals surface area contributed by atoms with E-state index in [1.165, 1.54) is 0 Å². The van der Waals surface area contributed by atoms with E-state index >= 15 is 8.78 Å². The fourth-order valence-corrected chi connectivity index (χ4v) is 6.87. The summed E-state index contributed by atoms with van der Waals surface area (Å²) in [4.78, 5) is 35.9. The van der Waals surface area contributed by atoms with Gasteiger partial charge in [-0.3, -0.25) is 9.69 Å². The molecule has 2 aliphatic carbocycles. The molecule has 4 atom stereocenters. The van der Waals surface area contributed by atoms with E-state index in [-0.39, 0.29) is 42.8 Å². The number of ether oxygens (including phenoxy) is 1. The number of hydrogen-bond donors (Lipinski definition) is 0. The number of amides is 2. The summed E-state index contributed by atoms with van der Waals surface area (Å²) >= 11 is 0. The molecule has 2 saturated heterocycles. The van der Waals surface area contributed by atoms with Gasteiger partial charge >= 0.3 is 6.09 Å². The molecule has 1 aromatic heterocycles. The topological polar surface area (TPSA) is 92.0 Å². The summed E-state index contributed by atoms with van der Waals surface area (Å²) in [6.45, 7) is 9.56. The van der Waals surface area contributed by atoms with Crippen LogP contribution in [0.3, 0.4) is 0 Å². The molecule has 2 saturated carbocycles. The Morgan fingerprint density at radius 2 is 1.74 bits per heavy atom. The maximum absolute atomic E-state index is 15.4. The Labute approximate surface area is 246 Å². The van der Waals surface area contributed by atoms with Crippen LogP contribution in [0.2, 0.25) is 0 Å². The number of piperidine rings is 2. The molecule has 42 heavy (non-hydrogen) atoms. The van der Waals surface area contributed by atoms with Gasteiger partial charge in [-0.15, -0.1) is 0 Å². The van der Waals surface area contributed by atoms with Crippen molar-refractivity contribution >= 4 is 12.0 Å². The van der Waals surface area contributed by atoms with Crippen molar-refractivity contribution in [3.63, 3.8) is 0 Å². The quantitative estimate of drug-likeness (QED) is 0.440. The molecule has 0 unspecified atom stereocenters. The Morgan fingerprint density at radius 3 is 2.33 bits per heavy atom. The highest BCUT2D eigenvalue weighted by Gasteiger charge is 2.51. The molecule has 0 bridgehead atoms. The first-order valence-corrected chi connectivity index (χ1v) is 15.5. The van der Waals surface area contributed by atoms with E-state index in [1.54, 1.807) is 16.8 Å². The Hall–Kier alpha value is -2.37. The molecule has 12 heteroatoms. The standard InChI is InChI=1S/C30H46F3N5O4/c1-28(2,3)41-27(40)36(5)19-8-13-37(14-9-19)23-7-6-10-30(32,33)21(23)18-24(39)38-15-11-29(4,12-16-38)26-34-25(42-35-26)20-17-22(20)31/h19-23H,6-18H2,1-5H3/t20-,21-,22+,23+/m1/s1. The summed E-state index contributed by atoms with van der Waals surface area (Å²) in [5.74, 6) is -3.63. The number of hydrogen-bond acceptors (Lipinski definition) is 7. The van der Waals surface area contributed by atoms with E-state index in [9.17, 15) is 14.0 Å². The smallest absolute Gasteiger partial charge is 0.410 e. The van der Waals surface area contributed by atoms with Gasteiger partial charge in [-0.1, -0.05) is 12.1 Å². The summed E-state index contributed by atoms with van der Waals surface area (Å²) in [6.07, 6.45) is 2.33. The van der Waals surface area contributed by atoms with E-state index in [0.29, 0.717) is 82.8 Å². The molecule has 4 fully saturated rings. The predicted octanol–water partition coefficient (Wildman–Crippen LogP) is 5.30. The first-order valence-electron chi connectivity index (χ1n) is 15.5. The van der Waals surface area contributed by atoms with Crippen molar-refractivity contribution in [2.45, 2.75) is 127 Å². The first-order chi connectivity index (χ1) is 19.7. The molecule has 0 radical (unpaired) electrons. The highest BCUT2D eigenvalue weighted by atomic mass is 19.3. The van der Waals surface area contributed by atoms with Gasteiger partial charge in [0, 0.05) is 69.5 Å². The van der Waals surface area contributed by atoms with Crippen LogP contribution in [-0.2, 0) is 14.9 Å². The minimum Gasteiger partial charge on any atom is -0.444 e. The normalized spacial score (nSPS) is 30.1. The maximum Gasteiger partial charge on any atom is 0.410 e. The number of alkyl halides is 3. The third-order valence-electron chi connectivity index (χ3n) is 9.84. The fraction of sp³-hybridized carbons (Fsp3) is 0.867. The molecule has 1 aromatic rings. The fourth-order valence-electron chi connectivity index (χ4n) is 6.87. The Kier molecular flexibility index (Phi) is 8.59. The highest BCUT2D eigenvalue weighted by molar-refractivity contribution is 5.77. The second-order valence-electron chi connectivity index (χ2n) is 14.1. The van der Waals surface area contributed by atoms with Crippen LogP contribution in [0.4, 0.5) is 18.0 Å².